The quantitative estimate of drug-likeness (QED) is 0.435. The lowest BCUT2D eigenvalue weighted by Crippen LogP contribution is -2.40. The van der Waals surface area contributed by atoms with Crippen LogP contribution in [0.4, 0.5) is 4.39 Å². The molecule has 0 fully saturated rings. The fourth-order valence-corrected chi connectivity index (χ4v) is 4.60. The third kappa shape index (κ3) is 6.53. The number of halogens is 1. The molecule has 0 saturated heterocycles. The number of benzene rings is 1. The van der Waals surface area contributed by atoms with E-state index in [9.17, 15) is 18.8 Å². The number of aryl methyl sites for hydroxylation is 3. The van der Waals surface area contributed by atoms with Crippen molar-refractivity contribution in [3.05, 3.63) is 87.3 Å². The topological polar surface area (TPSA) is 81.1 Å². The van der Waals surface area contributed by atoms with E-state index in [-0.39, 0.29) is 35.4 Å². The van der Waals surface area contributed by atoms with E-state index in [4.69, 9.17) is 0 Å². The molecule has 0 aliphatic carbocycles. The van der Waals surface area contributed by atoms with Crippen molar-refractivity contribution in [3.8, 4) is 11.1 Å². The van der Waals surface area contributed by atoms with Crippen molar-refractivity contribution in [2.75, 3.05) is 0 Å². The summed E-state index contributed by atoms with van der Waals surface area (Å²) >= 11 is 0. The van der Waals surface area contributed by atoms with Crippen LogP contribution >= 0.6 is 0 Å². The van der Waals surface area contributed by atoms with Crippen molar-refractivity contribution in [2.45, 2.75) is 66.5 Å². The Kier molecular flexibility index (Phi) is 8.56. The molecule has 0 aliphatic heterocycles. The Labute approximate surface area is 211 Å². The summed E-state index contributed by atoms with van der Waals surface area (Å²) in [7, 11) is 0. The van der Waals surface area contributed by atoms with Crippen LogP contribution in [-0.4, -0.2) is 21.2 Å². The largest absolute Gasteiger partial charge is 0.347 e. The maximum atomic E-state index is 13.9. The van der Waals surface area contributed by atoms with Gasteiger partial charge in [0.15, 0.2) is 0 Å². The van der Waals surface area contributed by atoms with E-state index in [0.29, 0.717) is 12.0 Å². The second-order valence-electron chi connectivity index (χ2n) is 9.98. The number of ketones is 1. The fraction of sp³-hybridized carbons (Fsp3) is 0.379. The van der Waals surface area contributed by atoms with Gasteiger partial charge in [0.2, 0.25) is 5.91 Å². The Balaban J connectivity index is 1.99. The first-order valence-corrected chi connectivity index (χ1v) is 12.2. The Hall–Kier alpha value is -3.61. The van der Waals surface area contributed by atoms with Gasteiger partial charge in [-0.2, -0.15) is 0 Å². The molecule has 0 aliphatic rings. The number of pyridine rings is 2. The zero-order chi connectivity index (χ0) is 26.6. The molecule has 1 amide bonds. The number of hydrogen-bond acceptors (Lipinski definition) is 4. The molecule has 2 heterocycles. The molecule has 6 nitrogen and oxygen atoms in total. The molecule has 0 spiro atoms. The third-order valence-corrected chi connectivity index (χ3v) is 6.19. The molecule has 1 N–H and O–H groups in total. The molecule has 0 unspecified atom stereocenters. The second kappa shape index (κ2) is 11.4. The second-order valence-corrected chi connectivity index (χ2v) is 9.98. The van der Waals surface area contributed by atoms with Crippen LogP contribution in [-0.2, 0) is 9.59 Å². The molecule has 36 heavy (non-hydrogen) atoms. The predicted molar refractivity (Wildman–Crippen MR) is 139 cm³/mol. The molecule has 0 bridgehead atoms. The molecule has 3 rings (SSSR count). The minimum absolute atomic E-state index is 0.0788. The average Bonchev–Trinajstić information content (AvgIpc) is 2.76. The highest BCUT2D eigenvalue weighted by Crippen LogP contribution is 2.30. The zero-order valence-corrected chi connectivity index (χ0v) is 21.8. The first-order valence-electron chi connectivity index (χ1n) is 12.2. The lowest BCUT2D eigenvalue weighted by atomic mass is 9.93. The summed E-state index contributed by atoms with van der Waals surface area (Å²) in [5.74, 6) is -0.565. The average molecular weight is 492 g/mol. The molecule has 0 radical (unpaired) electrons. The summed E-state index contributed by atoms with van der Waals surface area (Å²) in [4.78, 5) is 42.7. The van der Waals surface area contributed by atoms with E-state index >= 15 is 0 Å². The fourth-order valence-electron chi connectivity index (χ4n) is 4.60. The Morgan fingerprint density at radius 3 is 2.31 bits per heavy atom. The van der Waals surface area contributed by atoms with Crippen LogP contribution < -0.4 is 10.9 Å². The minimum atomic E-state index is -0.717. The molecule has 2 aromatic heterocycles. The number of hydrogen-bond donors (Lipinski definition) is 1. The van der Waals surface area contributed by atoms with E-state index in [0.717, 1.165) is 27.8 Å². The molecule has 2 atom stereocenters. The number of nitrogens with zero attached hydrogens (tertiary/aromatic N) is 2. The Morgan fingerprint density at radius 1 is 1.06 bits per heavy atom. The maximum absolute atomic E-state index is 13.9. The van der Waals surface area contributed by atoms with Crippen molar-refractivity contribution in [1.29, 1.82) is 0 Å². The van der Waals surface area contributed by atoms with E-state index in [1.165, 1.54) is 29.7 Å². The van der Waals surface area contributed by atoms with Crippen LogP contribution in [0.3, 0.4) is 0 Å². The highest BCUT2D eigenvalue weighted by molar-refractivity contribution is 5.83. The van der Waals surface area contributed by atoms with Crippen LogP contribution in [0.25, 0.3) is 11.1 Å². The van der Waals surface area contributed by atoms with Gasteiger partial charge >= 0.3 is 0 Å². The monoisotopic (exact) mass is 491 g/mol. The summed E-state index contributed by atoms with van der Waals surface area (Å²) in [5, 5.41) is 3.01. The number of amides is 1. The van der Waals surface area contributed by atoms with E-state index < -0.39 is 12.1 Å². The van der Waals surface area contributed by atoms with Gasteiger partial charge in [0.05, 0.1) is 6.04 Å². The molecule has 7 heteroatoms. The molecule has 3 aromatic rings. The smallest absolute Gasteiger partial charge is 0.251 e. The number of rotatable bonds is 9. The van der Waals surface area contributed by atoms with Crippen LogP contribution in [0, 0.1) is 32.5 Å². The minimum Gasteiger partial charge on any atom is -0.347 e. The van der Waals surface area contributed by atoms with Crippen LogP contribution in [0.2, 0.25) is 0 Å². The van der Waals surface area contributed by atoms with Crippen molar-refractivity contribution in [3.63, 3.8) is 0 Å². The van der Waals surface area contributed by atoms with E-state index in [2.05, 4.69) is 10.3 Å². The van der Waals surface area contributed by atoms with Gasteiger partial charge in [-0.25, -0.2) is 4.39 Å². The van der Waals surface area contributed by atoms with Gasteiger partial charge < -0.3 is 9.88 Å². The van der Waals surface area contributed by atoms with E-state index in [1.54, 1.807) is 24.7 Å². The number of aromatic nitrogens is 2. The summed E-state index contributed by atoms with van der Waals surface area (Å²) < 4.78 is 15.3. The van der Waals surface area contributed by atoms with Gasteiger partial charge in [-0.15, -0.1) is 0 Å². The van der Waals surface area contributed by atoms with Crippen LogP contribution in [0.1, 0.15) is 68.0 Å². The highest BCUT2D eigenvalue weighted by atomic mass is 19.1. The zero-order valence-electron chi connectivity index (χ0n) is 21.8. The lowest BCUT2D eigenvalue weighted by molar-refractivity contribution is -0.126. The normalized spacial score (nSPS) is 12.9. The molecular weight excluding hydrogens is 457 g/mol. The summed E-state index contributed by atoms with van der Waals surface area (Å²) in [5.41, 5.74) is 4.43. The standard InChI is InChI=1S/C29H34FN3O3/c1-17(2)9-26(33-8-7-18(3)10-27(33)35)29(36)32-25(13-21(6)34)22-14-23(16-31-15-22)28-19(4)11-24(30)12-20(28)5/h7-8,10-12,14-17,25-26H,9,13H2,1-6H3,(H,32,36)/t25-,26+/m0/s1. The summed E-state index contributed by atoms with van der Waals surface area (Å²) in [6.45, 7) is 11.0. The number of carbonyl (C=O) groups excluding carboxylic acids is 2. The summed E-state index contributed by atoms with van der Waals surface area (Å²) in [6, 6.07) is 6.79. The maximum Gasteiger partial charge on any atom is 0.251 e. The highest BCUT2D eigenvalue weighted by Gasteiger charge is 2.26. The van der Waals surface area contributed by atoms with Crippen molar-refractivity contribution in [1.82, 2.24) is 14.9 Å². The third-order valence-electron chi connectivity index (χ3n) is 6.19. The van der Waals surface area contributed by atoms with E-state index in [1.807, 2.05) is 40.7 Å². The van der Waals surface area contributed by atoms with Crippen molar-refractivity contribution in [2.24, 2.45) is 5.92 Å². The SMILES string of the molecule is CC(=O)C[C@H](NC(=O)[C@@H](CC(C)C)n1ccc(C)cc1=O)c1cncc(-c2c(C)cc(F)cc2C)c1. The van der Waals surface area contributed by atoms with Gasteiger partial charge in [-0.1, -0.05) is 13.8 Å². The number of carbonyl (C=O) groups is 2. The van der Waals surface area contributed by atoms with Crippen LogP contribution in [0.15, 0.2) is 53.7 Å². The van der Waals surface area contributed by atoms with Crippen molar-refractivity contribution >= 4 is 11.7 Å². The first kappa shape index (κ1) is 27.0. The predicted octanol–water partition coefficient (Wildman–Crippen LogP) is 5.40. The van der Waals surface area contributed by atoms with Crippen molar-refractivity contribution < 1.29 is 14.0 Å². The number of Topliss-reactive ketones (excluding diaryl/α,β-unsaturated/α-hetero) is 1. The molecule has 0 saturated carbocycles. The van der Waals surface area contributed by atoms with Gasteiger partial charge in [0.1, 0.15) is 17.6 Å². The summed E-state index contributed by atoms with van der Waals surface area (Å²) in [6.07, 6.45) is 5.51. The number of nitrogens with one attached hydrogen (secondary N) is 1. The molecular formula is C29H34FN3O3. The van der Waals surface area contributed by atoms with Gasteiger partial charge in [0, 0.05) is 36.6 Å². The molecule has 190 valence electrons. The lowest BCUT2D eigenvalue weighted by Gasteiger charge is -2.25. The van der Waals surface area contributed by atoms with Crippen LogP contribution in [0.5, 0.6) is 0 Å². The first-order chi connectivity index (χ1) is 17.0. The Bertz CT molecular complexity index is 1310. The molecule has 1 aromatic carbocycles. The van der Waals surface area contributed by atoms with Gasteiger partial charge in [0.25, 0.3) is 5.56 Å². The Morgan fingerprint density at radius 2 is 1.72 bits per heavy atom. The van der Waals surface area contributed by atoms with Gasteiger partial charge in [-0.05, 0) is 92.1 Å². The van der Waals surface area contributed by atoms with Gasteiger partial charge in [-0.3, -0.25) is 19.4 Å².